The highest BCUT2D eigenvalue weighted by atomic mass is 32.1. The van der Waals surface area contributed by atoms with Crippen LogP contribution in [0.25, 0.3) is 0 Å². The SMILES string of the molecule is Cc1nc(CN2CC[C@@]3(CN(C(=O)C4(C#N)CCCC4)C[C@@H]3c3cn(C(C)C)cn3)C2=O)cs1. The molecule has 2 aromatic rings. The number of aryl methyl sites for hydroxylation is 1. The van der Waals surface area contributed by atoms with Crippen LogP contribution in [-0.2, 0) is 16.1 Å². The molecule has 2 amide bonds. The molecule has 1 aliphatic carbocycles. The van der Waals surface area contributed by atoms with Gasteiger partial charge in [0.15, 0.2) is 0 Å². The minimum Gasteiger partial charge on any atom is -0.339 e. The van der Waals surface area contributed by atoms with Crippen molar-refractivity contribution in [1.82, 2.24) is 24.3 Å². The van der Waals surface area contributed by atoms with Crippen LogP contribution in [0.5, 0.6) is 0 Å². The molecule has 9 heteroatoms. The molecule has 2 atom stereocenters. The highest BCUT2D eigenvalue weighted by molar-refractivity contribution is 7.09. The van der Waals surface area contributed by atoms with Crippen LogP contribution in [0, 0.1) is 29.1 Å². The number of carbonyl (C=O) groups excluding carboxylic acids is 2. The van der Waals surface area contributed by atoms with Gasteiger partial charge in [-0.1, -0.05) is 12.8 Å². The Morgan fingerprint density at radius 2 is 2.09 bits per heavy atom. The lowest BCUT2D eigenvalue weighted by atomic mass is 9.75. The van der Waals surface area contributed by atoms with Gasteiger partial charge in [0.25, 0.3) is 0 Å². The van der Waals surface area contributed by atoms with Crippen LogP contribution in [0.1, 0.15) is 74.3 Å². The third-order valence-corrected chi connectivity index (χ3v) is 8.87. The molecule has 0 N–H and O–H groups in total. The number of hydrogen-bond donors (Lipinski definition) is 0. The topological polar surface area (TPSA) is 95.1 Å². The molecule has 0 aromatic carbocycles. The molecule has 5 rings (SSSR count). The van der Waals surface area contributed by atoms with E-state index in [0.29, 0.717) is 45.4 Å². The number of thiazole rings is 1. The zero-order valence-corrected chi connectivity index (χ0v) is 21.0. The largest absolute Gasteiger partial charge is 0.339 e. The van der Waals surface area contributed by atoms with Gasteiger partial charge in [0, 0.05) is 43.2 Å². The molecule has 34 heavy (non-hydrogen) atoms. The Balaban J connectivity index is 1.47. The van der Waals surface area contributed by atoms with Crippen LogP contribution in [0.4, 0.5) is 0 Å². The molecule has 1 saturated carbocycles. The van der Waals surface area contributed by atoms with Gasteiger partial charge in [-0.15, -0.1) is 11.3 Å². The van der Waals surface area contributed by atoms with E-state index in [1.165, 1.54) is 0 Å². The molecule has 0 unspecified atom stereocenters. The Morgan fingerprint density at radius 1 is 1.32 bits per heavy atom. The molecular formula is C25H32N6O2S. The summed E-state index contributed by atoms with van der Waals surface area (Å²) < 4.78 is 2.05. The number of nitriles is 1. The van der Waals surface area contributed by atoms with Crippen molar-refractivity contribution in [1.29, 1.82) is 5.26 Å². The summed E-state index contributed by atoms with van der Waals surface area (Å²) in [6, 6.07) is 2.61. The Kier molecular flexibility index (Phi) is 5.75. The number of hydrogen-bond acceptors (Lipinski definition) is 6. The predicted molar refractivity (Wildman–Crippen MR) is 128 cm³/mol. The first-order chi connectivity index (χ1) is 16.3. The maximum absolute atomic E-state index is 14.0. The Morgan fingerprint density at radius 3 is 2.71 bits per heavy atom. The molecule has 0 radical (unpaired) electrons. The van der Waals surface area contributed by atoms with Gasteiger partial charge < -0.3 is 14.4 Å². The van der Waals surface area contributed by atoms with Crippen LogP contribution >= 0.6 is 11.3 Å². The number of amides is 2. The molecule has 4 heterocycles. The normalized spacial score (nSPS) is 26.2. The van der Waals surface area contributed by atoms with Crippen molar-refractivity contribution in [3.05, 3.63) is 34.3 Å². The molecule has 8 nitrogen and oxygen atoms in total. The molecule has 3 fully saturated rings. The van der Waals surface area contributed by atoms with E-state index in [9.17, 15) is 14.9 Å². The molecule has 1 spiro atoms. The van der Waals surface area contributed by atoms with E-state index in [-0.39, 0.29) is 23.8 Å². The van der Waals surface area contributed by atoms with Gasteiger partial charge in [-0.25, -0.2) is 9.97 Å². The summed E-state index contributed by atoms with van der Waals surface area (Å²) in [5, 5.41) is 12.9. The van der Waals surface area contributed by atoms with E-state index >= 15 is 0 Å². The van der Waals surface area contributed by atoms with E-state index in [4.69, 9.17) is 4.98 Å². The molecule has 0 bridgehead atoms. The first-order valence-electron chi connectivity index (χ1n) is 12.2. The average molecular weight is 481 g/mol. The maximum atomic E-state index is 14.0. The third-order valence-electron chi connectivity index (χ3n) is 8.05. The summed E-state index contributed by atoms with van der Waals surface area (Å²) in [6.07, 6.45) is 7.56. The molecule has 2 aliphatic heterocycles. The second-order valence-corrected chi connectivity index (χ2v) is 11.5. The quantitative estimate of drug-likeness (QED) is 0.651. The number of aromatic nitrogens is 3. The zero-order chi connectivity index (χ0) is 24.1. The second kappa shape index (κ2) is 8.49. The summed E-state index contributed by atoms with van der Waals surface area (Å²) in [6.45, 7) is 8.10. The van der Waals surface area contributed by atoms with Gasteiger partial charge in [0.1, 0.15) is 5.41 Å². The summed E-state index contributed by atoms with van der Waals surface area (Å²) >= 11 is 1.59. The van der Waals surface area contributed by atoms with Crippen molar-refractivity contribution in [3.63, 3.8) is 0 Å². The van der Waals surface area contributed by atoms with E-state index < -0.39 is 10.8 Å². The highest BCUT2D eigenvalue weighted by Crippen LogP contribution is 2.51. The Bertz CT molecular complexity index is 1140. The Labute approximate surface area is 204 Å². The molecule has 2 saturated heterocycles. The lowest BCUT2D eigenvalue weighted by molar-refractivity contribution is -0.140. The van der Waals surface area contributed by atoms with Crippen LogP contribution in [0.2, 0.25) is 0 Å². The van der Waals surface area contributed by atoms with Crippen molar-refractivity contribution in [2.24, 2.45) is 10.8 Å². The van der Waals surface area contributed by atoms with Crippen LogP contribution < -0.4 is 0 Å². The number of carbonyl (C=O) groups is 2. The van der Waals surface area contributed by atoms with Gasteiger partial charge in [-0.05, 0) is 40.0 Å². The summed E-state index contributed by atoms with van der Waals surface area (Å²) in [5.74, 6) is -0.197. The fourth-order valence-electron chi connectivity index (χ4n) is 6.07. The van der Waals surface area contributed by atoms with E-state index in [1.807, 2.05) is 34.6 Å². The summed E-state index contributed by atoms with van der Waals surface area (Å²) in [4.78, 5) is 40.6. The lowest BCUT2D eigenvalue weighted by Gasteiger charge is -2.29. The monoisotopic (exact) mass is 480 g/mol. The number of likely N-dealkylation sites (tertiary alicyclic amines) is 2. The first kappa shape index (κ1) is 23.0. The van der Waals surface area contributed by atoms with Gasteiger partial charge in [0.2, 0.25) is 11.8 Å². The molecule has 3 aliphatic rings. The summed E-state index contributed by atoms with van der Waals surface area (Å²) in [7, 11) is 0. The molecule has 180 valence electrons. The smallest absolute Gasteiger partial charge is 0.243 e. The number of imidazole rings is 1. The molecular weight excluding hydrogens is 448 g/mol. The minimum absolute atomic E-state index is 0.0787. The summed E-state index contributed by atoms with van der Waals surface area (Å²) in [5.41, 5.74) is 0.133. The minimum atomic E-state index is -0.938. The van der Waals surface area contributed by atoms with Gasteiger partial charge >= 0.3 is 0 Å². The first-order valence-corrected chi connectivity index (χ1v) is 13.1. The second-order valence-electron chi connectivity index (χ2n) is 10.5. The Hall–Kier alpha value is -2.73. The highest BCUT2D eigenvalue weighted by Gasteiger charge is 2.60. The molecule has 2 aromatic heterocycles. The fraction of sp³-hybridized carbons (Fsp3) is 0.640. The lowest BCUT2D eigenvalue weighted by Crippen LogP contribution is -2.43. The third kappa shape index (κ3) is 3.63. The van der Waals surface area contributed by atoms with Gasteiger partial charge in [-0.3, -0.25) is 9.59 Å². The fourth-order valence-corrected chi connectivity index (χ4v) is 6.67. The van der Waals surface area contributed by atoms with Crippen molar-refractivity contribution < 1.29 is 9.59 Å². The van der Waals surface area contributed by atoms with Crippen molar-refractivity contribution in [2.45, 2.75) is 71.4 Å². The van der Waals surface area contributed by atoms with E-state index in [2.05, 4.69) is 29.5 Å². The number of nitrogens with zero attached hydrogens (tertiary/aromatic N) is 6. The van der Waals surface area contributed by atoms with E-state index in [1.54, 1.807) is 11.3 Å². The predicted octanol–water partition coefficient (Wildman–Crippen LogP) is 3.66. The number of rotatable bonds is 5. The van der Waals surface area contributed by atoms with E-state index in [0.717, 1.165) is 29.2 Å². The van der Waals surface area contributed by atoms with Gasteiger partial charge in [-0.2, -0.15) is 5.26 Å². The maximum Gasteiger partial charge on any atom is 0.243 e. The van der Waals surface area contributed by atoms with Crippen LogP contribution in [0.3, 0.4) is 0 Å². The van der Waals surface area contributed by atoms with Gasteiger partial charge in [0.05, 0.1) is 40.8 Å². The average Bonchev–Trinajstić information content (AvgIpc) is 3.63. The van der Waals surface area contributed by atoms with Crippen molar-refractivity contribution >= 4 is 23.2 Å². The van der Waals surface area contributed by atoms with Crippen molar-refractivity contribution in [2.75, 3.05) is 19.6 Å². The zero-order valence-electron chi connectivity index (χ0n) is 20.2. The van der Waals surface area contributed by atoms with Crippen molar-refractivity contribution in [3.8, 4) is 6.07 Å². The standard InChI is InChI=1S/C25H32N6O2S/c1-17(2)31-12-21(27-16-31)20-11-30(22(32)24(14-26)6-4-5-7-24)15-25(20)8-9-29(23(25)33)10-19-13-34-18(3)28-19/h12-13,16-17,20H,4-11,15H2,1-3H3/t20-,25+/m1/s1. The van der Waals surface area contributed by atoms with Crippen LogP contribution in [0.15, 0.2) is 17.9 Å². The van der Waals surface area contributed by atoms with Crippen LogP contribution in [-0.4, -0.2) is 55.8 Å².